The average molecular weight is 297 g/mol. The van der Waals surface area contributed by atoms with E-state index < -0.39 is 5.82 Å². The number of aromatic nitrogens is 1. The lowest BCUT2D eigenvalue weighted by Gasteiger charge is -2.21. The molecule has 2 rings (SSSR count). The van der Waals surface area contributed by atoms with Gasteiger partial charge in [-0.15, -0.1) is 0 Å². The molecular formula is C14H20FN3OS. The van der Waals surface area contributed by atoms with Gasteiger partial charge in [-0.3, -0.25) is 4.79 Å². The number of rotatable bonds is 5. The number of anilines is 1. The average Bonchev–Trinajstić information content (AvgIpc) is 2.48. The van der Waals surface area contributed by atoms with Crippen LogP contribution in [-0.4, -0.2) is 35.5 Å². The maximum absolute atomic E-state index is 13.3. The predicted molar refractivity (Wildman–Crippen MR) is 80.7 cm³/mol. The van der Waals surface area contributed by atoms with Gasteiger partial charge in [-0.2, -0.15) is 11.8 Å². The molecule has 0 unspecified atom stereocenters. The number of amides is 1. The van der Waals surface area contributed by atoms with Crippen molar-refractivity contribution in [1.82, 2.24) is 10.3 Å². The van der Waals surface area contributed by atoms with Crippen molar-refractivity contribution in [3.05, 3.63) is 23.6 Å². The molecule has 4 nitrogen and oxygen atoms in total. The summed E-state index contributed by atoms with van der Waals surface area (Å²) in [6, 6.07) is 1.23. The van der Waals surface area contributed by atoms with Crippen LogP contribution in [0.5, 0.6) is 0 Å². The summed E-state index contributed by atoms with van der Waals surface area (Å²) < 4.78 is 13.3. The van der Waals surface area contributed by atoms with Gasteiger partial charge in [0.2, 0.25) is 0 Å². The Bertz CT molecular complexity index is 464. The van der Waals surface area contributed by atoms with Crippen LogP contribution in [0.3, 0.4) is 0 Å². The van der Waals surface area contributed by atoms with Crippen LogP contribution in [0.4, 0.5) is 10.2 Å². The highest BCUT2D eigenvalue weighted by molar-refractivity contribution is 7.99. The van der Waals surface area contributed by atoms with E-state index in [9.17, 15) is 9.18 Å². The Morgan fingerprint density at radius 2 is 2.25 bits per heavy atom. The minimum atomic E-state index is -0.495. The van der Waals surface area contributed by atoms with Gasteiger partial charge < -0.3 is 10.6 Å². The van der Waals surface area contributed by atoms with Crippen LogP contribution in [0.25, 0.3) is 0 Å². The molecule has 0 spiro atoms. The fourth-order valence-corrected chi connectivity index (χ4v) is 3.41. The van der Waals surface area contributed by atoms with E-state index in [1.54, 1.807) is 0 Å². The Balaban J connectivity index is 1.98. The zero-order valence-corrected chi connectivity index (χ0v) is 12.4. The SMILES string of the molecule is CCNc1ncc(F)cc1C(=O)NCC1CCSCC1. The van der Waals surface area contributed by atoms with E-state index in [2.05, 4.69) is 15.6 Å². The quantitative estimate of drug-likeness (QED) is 0.877. The van der Waals surface area contributed by atoms with Gasteiger partial charge in [0.05, 0.1) is 11.8 Å². The second kappa shape index (κ2) is 7.47. The zero-order valence-electron chi connectivity index (χ0n) is 11.6. The molecule has 6 heteroatoms. The molecule has 0 bridgehead atoms. The largest absolute Gasteiger partial charge is 0.370 e. The maximum atomic E-state index is 13.3. The van der Waals surface area contributed by atoms with Gasteiger partial charge in [-0.1, -0.05) is 0 Å². The third-order valence-electron chi connectivity index (χ3n) is 3.34. The second-order valence-electron chi connectivity index (χ2n) is 4.85. The number of pyridine rings is 1. The van der Waals surface area contributed by atoms with Crippen molar-refractivity contribution in [2.24, 2.45) is 5.92 Å². The molecule has 2 N–H and O–H groups in total. The number of hydrogen-bond acceptors (Lipinski definition) is 4. The monoisotopic (exact) mass is 297 g/mol. The first-order chi connectivity index (χ1) is 9.70. The summed E-state index contributed by atoms with van der Waals surface area (Å²) in [4.78, 5) is 16.1. The molecule has 0 saturated carbocycles. The van der Waals surface area contributed by atoms with Crippen molar-refractivity contribution in [2.75, 3.05) is 29.9 Å². The number of thioether (sulfide) groups is 1. The molecule has 1 aliphatic heterocycles. The van der Waals surface area contributed by atoms with E-state index in [0.29, 0.717) is 24.8 Å². The second-order valence-corrected chi connectivity index (χ2v) is 6.07. The van der Waals surface area contributed by atoms with Gasteiger partial charge >= 0.3 is 0 Å². The normalized spacial score (nSPS) is 15.9. The van der Waals surface area contributed by atoms with Crippen LogP contribution in [-0.2, 0) is 0 Å². The molecule has 2 heterocycles. The van der Waals surface area contributed by atoms with E-state index in [0.717, 1.165) is 30.5 Å². The number of halogens is 1. The molecule has 0 aromatic carbocycles. The number of carbonyl (C=O) groups is 1. The summed E-state index contributed by atoms with van der Waals surface area (Å²) in [5.41, 5.74) is 0.275. The summed E-state index contributed by atoms with van der Waals surface area (Å²) in [6.45, 7) is 3.20. The minimum Gasteiger partial charge on any atom is -0.370 e. The van der Waals surface area contributed by atoms with Crippen LogP contribution >= 0.6 is 11.8 Å². The molecule has 0 atom stereocenters. The third-order valence-corrected chi connectivity index (χ3v) is 4.38. The van der Waals surface area contributed by atoms with E-state index in [1.165, 1.54) is 6.07 Å². The smallest absolute Gasteiger partial charge is 0.255 e. The Hall–Kier alpha value is -1.30. The molecule has 110 valence electrons. The molecule has 1 aliphatic rings. The van der Waals surface area contributed by atoms with Gasteiger partial charge in [0, 0.05) is 13.1 Å². The van der Waals surface area contributed by atoms with Crippen molar-refractivity contribution in [3.8, 4) is 0 Å². The number of nitrogens with one attached hydrogen (secondary N) is 2. The van der Waals surface area contributed by atoms with Crippen molar-refractivity contribution >= 4 is 23.5 Å². The summed E-state index contributed by atoms with van der Waals surface area (Å²) in [6.07, 6.45) is 3.38. The molecule has 1 fully saturated rings. The Morgan fingerprint density at radius 1 is 1.50 bits per heavy atom. The first kappa shape index (κ1) is 15.1. The Labute approximate surface area is 122 Å². The van der Waals surface area contributed by atoms with Crippen molar-refractivity contribution < 1.29 is 9.18 Å². The lowest BCUT2D eigenvalue weighted by Crippen LogP contribution is -2.31. The summed E-state index contributed by atoms with van der Waals surface area (Å²) >= 11 is 1.96. The van der Waals surface area contributed by atoms with Gasteiger partial charge in [0.1, 0.15) is 11.6 Å². The van der Waals surface area contributed by atoms with Crippen molar-refractivity contribution in [2.45, 2.75) is 19.8 Å². The fraction of sp³-hybridized carbons (Fsp3) is 0.571. The van der Waals surface area contributed by atoms with E-state index in [4.69, 9.17) is 0 Å². The summed E-state index contributed by atoms with van der Waals surface area (Å²) in [7, 11) is 0. The fourth-order valence-electron chi connectivity index (χ4n) is 2.20. The van der Waals surface area contributed by atoms with Crippen molar-refractivity contribution in [1.29, 1.82) is 0 Å². The number of nitrogens with zero attached hydrogens (tertiary/aromatic N) is 1. The highest BCUT2D eigenvalue weighted by Crippen LogP contribution is 2.22. The lowest BCUT2D eigenvalue weighted by molar-refractivity contribution is 0.0946. The maximum Gasteiger partial charge on any atom is 0.255 e. The lowest BCUT2D eigenvalue weighted by atomic mass is 10.0. The third kappa shape index (κ3) is 4.10. The highest BCUT2D eigenvalue weighted by Gasteiger charge is 2.17. The van der Waals surface area contributed by atoms with Gasteiger partial charge in [0.25, 0.3) is 5.91 Å². The van der Waals surface area contributed by atoms with Crippen LogP contribution < -0.4 is 10.6 Å². The van der Waals surface area contributed by atoms with Crippen molar-refractivity contribution in [3.63, 3.8) is 0 Å². The summed E-state index contributed by atoms with van der Waals surface area (Å²) in [5.74, 6) is 2.53. The minimum absolute atomic E-state index is 0.258. The van der Waals surface area contributed by atoms with Crippen LogP contribution in [0.15, 0.2) is 12.3 Å². The Morgan fingerprint density at radius 3 is 2.95 bits per heavy atom. The molecule has 0 radical (unpaired) electrons. The van der Waals surface area contributed by atoms with Gasteiger partial charge in [-0.05, 0) is 43.3 Å². The van der Waals surface area contributed by atoms with E-state index >= 15 is 0 Å². The molecule has 0 aliphatic carbocycles. The molecule has 1 aromatic heterocycles. The standard InChI is InChI=1S/C14H20FN3OS/c1-2-16-13-12(7-11(15)9-17-13)14(19)18-8-10-3-5-20-6-4-10/h7,9-10H,2-6,8H2,1H3,(H,16,17)(H,18,19). The first-order valence-electron chi connectivity index (χ1n) is 6.96. The molecule has 1 amide bonds. The van der Waals surface area contributed by atoms with Crippen LogP contribution in [0.2, 0.25) is 0 Å². The van der Waals surface area contributed by atoms with E-state index in [-0.39, 0.29) is 11.5 Å². The molecule has 1 aromatic rings. The summed E-state index contributed by atoms with van der Waals surface area (Å²) in [5, 5.41) is 5.88. The molecule has 1 saturated heterocycles. The topological polar surface area (TPSA) is 54.0 Å². The van der Waals surface area contributed by atoms with E-state index in [1.807, 2.05) is 18.7 Å². The highest BCUT2D eigenvalue weighted by atomic mass is 32.2. The zero-order chi connectivity index (χ0) is 14.4. The van der Waals surface area contributed by atoms with Crippen LogP contribution in [0.1, 0.15) is 30.1 Å². The first-order valence-corrected chi connectivity index (χ1v) is 8.11. The molecule has 20 heavy (non-hydrogen) atoms. The van der Waals surface area contributed by atoms with Gasteiger partial charge in [-0.25, -0.2) is 9.37 Å². The predicted octanol–water partition coefficient (Wildman–Crippen LogP) is 2.53. The number of carbonyl (C=O) groups excluding carboxylic acids is 1. The molecular weight excluding hydrogens is 277 g/mol. The number of hydrogen-bond donors (Lipinski definition) is 2. The van der Waals surface area contributed by atoms with Gasteiger partial charge in [0.15, 0.2) is 0 Å². The Kier molecular flexibility index (Phi) is 5.64. The van der Waals surface area contributed by atoms with Crippen LogP contribution in [0, 0.1) is 11.7 Å².